The lowest BCUT2D eigenvalue weighted by Crippen LogP contribution is -2.31. The van der Waals surface area contributed by atoms with Gasteiger partial charge in [0.1, 0.15) is 5.15 Å². The van der Waals surface area contributed by atoms with Crippen LogP contribution in [0.3, 0.4) is 0 Å². The first-order chi connectivity index (χ1) is 11.1. The zero-order chi connectivity index (χ0) is 16.4. The third-order valence-corrected chi connectivity index (χ3v) is 4.15. The quantitative estimate of drug-likeness (QED) is 0.877. The van der Waals surface area contributed by atoms with Crippen molar-refractivity contribution >= 4 is 17.5 Å². The third-order valence-electron chi connectivity index (χ3n) is 3.95. The van der Waals surface area contributed by atoms with E-state index in [2.05, 4.69) is 21.4 Å². The maximum Gasteiger partial charge on any atom is 0.252 e. The molecule has 0 bridgehead atoms. The van der Waals surface area contributed by atoms with Crippen LogP contribution in [0, 0.1) is 6.92 Å². The summed E-state index contributed by atoms with van der Waals surface area (Å²) in [6.07, 6.45) is 4.76. The van der Waals surface area contributed by atoms with Crippen LogP contribution in [0.15, 0.2) is 24.4 Å². The van der Waals surface area contributed by atoms with Crippen molar-refractivity contribution in [3.8, 4) is 5.88 Å². The Hall–Kier alpha value is -2.14. The molecule has 0 spiro atoms. The summed E-state index contributed by atoms with van der Waals surface area (Å²) < 4.78 is 5.06. The number of aryl methyl sites for hydroxylation is 2. The van der Waals surface area contributed by atoms with Gasteiger partial charge in [0, 0.05) is 17.8 Å². The number of nitrogens with one attached hydrogen (secondary N) is 1. The van der Waals surface area contributed by atoms with E-state index in [0.29, 0.717) is 11.4 Å². The molecule has 6 heteroatoms. The predicted molar refractivity (Wildman–Crippen MR) is 87.9 cm³/mol. The Kier molecular flexibility index (Phi) is 4.48. The van der Waals surface area contributed by atoms with Gasteiger partial charge in [-0.2, -0.15) is 0 Å². The molecule has 0 fully saturated rings. The van der Waals surface area contributed by atoms with Crippen molar-refractivity contribution in [3.63, 3.8) is 0 Å². The Morgan fingerprint density at radius 2 is 2.22 bits per heavy atom. The van der Waals surface area contributed by atoms with E-state index in [-0.39, 0.29) is 17.1 Å². The maximum atomic E-state index is 12.5. The van der Waals surface area contributed by atoms with Crippen molar-refractivity contribution < 1.29 is 9.53 Å². The topological polar surface area (TPSA) is 64.1 Å². The third kappa shape index (κ3) is 3.45. The molecule has 0 saturated carbocycles. The number of ether oxygens (including phenoxy) is 1. The van der Waals surface area contributed by atoms with Crippen LogP contribution in [-0.4, -0.2) is 23.0 Å². The van der Waals surface area contributed by atoms with Gasteiger partial charge in [-0.25, -0.2) is 4.98 Å². The fourth-order valence-electron chi connectivity index (χ4n) is 2.88. The molecule has 1 unspecified atom stereocenters. The summed E-state index contributed by atoms with van der Waals surface area (Å²) in [4.78, 5) is 21.0. The summed E-state index contributed by atoms with van der Waals surface area (Å²) in [5.74, 6) is 0.119. The number of hydrogen-bond acceptors (Lipinski definition) is 4. The van der Waals surface area contributed by atoms with E-state index in [4.69, 9.17) is 16.3 Å². The van der Waals surface area contributed by atoms with Crippen LogP contribution < -0.4 is 10.1 Å². The molecule has 1 atom stereocenters. The minimum atomic E-state index is -0.201. The van der Waals surface area contributed by atoms with Crippen molar-refractivity contribution in [2.24, 2.45) is 0 Å². The van der Waals surface area contributed by atoms with E-state index in [1.807, 2.05) is 13.1 Å². The number of hydrogen-bond donors (Lipinski definition) is 1. The number of fused-ring (bicyclic) bond motifs is 1. The van der Waals surface area contributed by atoms with Crippen molar-refractivity contribution in [1.82, 2.24) is 15.3 Å². The number of carbonyl (C=O) groups is 1. The summed E-state index contributed by atoms with van der Waals surface area (Å²) in [7, 11) is 1.49. The van der Waals surface area contributed by atoms with E-state index in [1.165, 1.54) is 18.7 Å². The van der Waals surface area contributed by atoms with Crippen LogP contribution in [0.2, 0.25) is 5.15 Å². The molecule has 2 aromatic rings. The Morgan fingerprint density at radius 1 is 1.39 bits per heavy atom. The smallest absolute Gasteiger partial charge is 0.252 e. The normalized spacial score (nSPS) is 16.6. The van der Waals surface area contributed by atoms with Gasteiger partial charge >= 0.3 is 0 Å². The standard InChI is InChI=1S/C17H18ClN3O2/c1-10-6-11-4-3-5-13(16(11)19-9-10)20-17(22)12-7-14(18)21-15(8-12)23-2/h6-9,13H,3-5H2,1-2H3,(H,20,22). The molecule has 2 aromatic heterocycles. The highest BCUT2D eigenvalue weighted by Gasteiger charge is 2.24. The Morgan fingerprint density at radius 3 is 3.00 bits per heavy atom. The molecule has 0 aliphatic heterocycles. The van der Waals surface area contributed by atoms with Gasteiger partial charge in [0.25, 0.3) is 5.91 Å². The molecule has 1 amide bonds. The van der Waals surface area contributed by atoms with Crippen LogP contribution in [0.1, 0.15) is 46.1 Å². The Labute approximate surface area is 140 Å². The lowest BCUT2D eigenvalue weighted by molar-refractivity contribution is 0.0931. The minimum Gasteiger partial charge on any atom is -0.481 e. The minimum absolute atomic E-state index is 0.0789. The van der Waals surface area contributed by atoms with E-state index in [1.54, 1.807) is 6.07 Å². The Bertz CT molecular complexity index is 749. The monoisotopic (exact) mass is 331 g/mol. The second-order valence-electron chi connectivity index (χ2n) is 5.70. The van der Waals surface area contributed by atoms with Gasteiger partial charge in [0.2, 0.25) is 5.88 Å². The van der Waals surface area contributed by atoms with Gasteiger partial charge in [-0.15, -0.1) is 0 Å². The molecule has 23 heavy (non-hydrogen) atoms. The lowest BCUT2D eigenvalue weighted by atomic mass is 9.91. The molecule has 0 saturated heterocycles. The summed E-state index contributed by atoms with van der Waals surface area (Å²) in [5, 5.41) is 3.27. The summed E-state index contributed by atoms with van der Waals surface area (Å²) in [6.45, 7) is 2.03. The highest BCUT2D eigenvalue weighted by molar-refractivity contribution is 6.29. The van der Waals surface area contributed by atoms with E-state index >= 15 is 0 Å². The van der Waals surface area contributed by atoms with Crippen LogP contribution in [0.4, 0.5) is 0 Å². The second kappa shape index (κ2) is 6.54. The lowest BCUT2D eigenvalue weighted by Gasteiger charge is -2.25. The fraction of sp³-hybridized carbons (Fsp3) is 0.353. The molecule has 1 N–H and O–H groups in total. The van der Waals surface area contributed by atoms with Gasteiger partial charge in [0.05, 0.1) is 18.8 Å². The average Bonchev–Trinajstić information content (AvgIpc) is 2.54. The number of rotatable bonds is 3. The number of nitrogens with zero attached hydrogens (tertiary/aromatic N) is 2. The zero-order valence-electron chi connectivity index (χ0n) is 13.1. The van der Waals surface area contributed by atoms with Crippen molar-refractivity contribution in [2.75, 3.05) is 7.11 Å². The number of pyridine rings is 2. The van der Waals surface area contributed by atoms with Crippen molar-refractivity contribution in [1.29, 1.82) is 0 Å². The first kappa shape index (κ1) is 15.7. The first-order valence-electron chi connectivity index (χ1n) is 7.54. The average molecular weight is 332 g/mol. The number of carbonyl (C=O) groups excluding carboxylic acids is 1. The molecular formula is C17H18ClN3O2. The van der Waals surface area contributed by atoms with Crippen LogP contribution in [0.5, 0.6) is 5.88 Å². The van der Waals surface area contributed by atoms with Gasteiger partial charge < -0.3 is 10.1 Å². The van der Waals surface area contributed by atoms with Crippen molar-refractivity contribution in [3.05, 3.63) is 51.9 Å². The Balaban J connectivity index is 1.83. The van der Waals surface area contributed by atoms with Crippen LogP contribution >= 0.6 is 11.6 Å². The van der Waals surface area contributed by atoms with Gasteiger partial charge in [0.15, 0.2) is 0 Å². The zero-order valence-corrected chi connectivity index (χ0v) is 13.9. The fourth-order valence-corrected chi connectivity index (χ4v) is 3.08. The van der Waals surface area contributed by atoms with Crippen LogP contribution in [-0.2, 0) is 6.42 Å². The van der Waals surface area contributed by atoms with E-state index < -0.39 is 0 Å². The van der Waals surface area contributed by atoms with Gasteiger partial charge in [-0.05, 0) is 43.4 Å². The molecule has 2 heterocycles. The molecule has 0 radical (unpaired) electrons. The molecule has 0 aromatic carbocycles. The van der Waals surface area contributed by atoms with Crippen LogP contribution in [0.25, 0.3) is 0 Å². The molecule has 5 nitrogen and oxygen atoms in total. The summed E-state index contributed by atoms with van der Waals surface area (Å²) in [6, 6.07) is 5.18. The molecular weight excluding hydrogens is 314 g/mol. The second-order valence-corrected chi connectivity index (χ2v) is 6.08. The summed E-state index contributed by atoms with van der Waals surface area (Å²) in [5.41, 5.74) is 3.75. The van der Waals surface area contributed by atoms with Gasteiger partial charge in [-0.3, -0.25) is 9.78 Å². The largest absolute Gasteiger partial charge is 0.481 e. The molecule has 120 valence electrons. The molecule has 1 aliphatic carbocycles. The molecule has 1 aliphatic rings. The molecule has 3 rings (SSSR count). The highest BCUT2D eigenvalue weighted by atomic mass is 35.5. The maximum absolute atomic E-state index is 12.5. The van der Waals surface area contributed by atoms with Gasteiger partial charge in [-0.1, -0.05) is 17.7 Å². The van der Waals surface area contributed by atoms with E-state index in [0.717, 1.165) is 30.5 Å². The number of aromatic nitrogens is 2. The highest BCUT2D eigenvalue weighted by Crippen LogP contribution is 2.29. The number of halogens is 1. The first-order valence-corrected chi connectivity index (χ1v) is 7.92. The van der Waals surface area contributed by atoms with Crippen molar-refractivity contribution in [2.45, 2.75) is 32.2 Å². The SMILES string of the molecule is COc1cc(C(=O)NC2CCCc3cc(C)cnc32)cc(Cl)n1. The van der Waals surface area contributed by atoms with E-state index in [9.17, 15) is 4.79 Å². The summed E-state index contributed by atoms with van der Waals surface area (Å²) >= 11 is 5.93. The number of methoxy groups -OCH3 is 1. The predicted octanol–water partition coefficient (Wildman–Crippen LogP) is 3.25. The number of amides is 1.